The molecule has 0 aromatic heterocycles. The van der Waals surface area contributed by atoms with E-state index in [-0.39, 0.29) is 0 Å². The van der Waals surface area contributed by atoms with E-state index in [2.05, 4.69) is 43.9 Å². The summed E-state index contributed by atoms with van der Waals surface area (Å²) in [6.45, 7) is 7.15. The second-order valence-corrected chi connectivity index (χ2v) is 9.23. The number of hydrogen-bond donors (Lipinski definition) is 0. The van der Waals surface area contributed by atoms with Crippen LogP contribution in [0.25, 0.3) is 0 Å². The molecule has 1 atom stereocenters. The zero-order chi connectivity index (χ0) is 7.61. The summed E-state index contributed by atoms with van der Waals surface area (Å²) in [6.07, 6.45) is 11.2. The first-order valence-corrected chi connectivity index (χ1v) is 7.43. The van der Waals surface area contributed by atoms with Gasteiger partial charge in [0.05, 0.1) is 0 Å². The average molecular weight is 151 g/mol. The van der Waals surface area contributed by atoms with Crippen molar-refractivity contribution in [1.29, 1.82) is 0 Å². The van der Waals surface area contributed by atoms with E-state index in [1.807, 2.05) is 0 Å². The quantitative estimate of drug-likeness (QED) is 0.307. The molecule has 0 radical (unpaired) electrons. The van der Waals surface area contributed by atoms with E-state index in [0.717, 1.165) is 6.42 Å². The lowest BCUT2D eigenvalue weighted by Gasteiger charge is -2.14. The van der Waals surface area contributed by atoms with Gasteiger partial charge in [0.1, 0.15) is 8.07 Å². The summed E-state index contributed by atoms with van der Waals surface area (Å²) in [5.41, 5.74) is 0.654. The van der Waals surface area contributed by atoms with E-state index < -0.39 is 8.07 Å². The zero-order valence-electron chi connectivity index (χ0n) is 7.02. The van der Waals surface area contributed by atoms with Crippen LogP contribution in [-0.4, -0.2) is 8.07 Å². The Balaban J connectivity index is 2.64. The van der Waals surface area contributed by atoms with Gasteiger partial charge in [0, 0.05) is 6.42 Å². The van der Waals surface area contributed by atoms with Gasteiger partial charge in [-0.05, 0) is 6.08 Å². The Morgan fingerprint density at radius 1 is 1.40 bits per heavy atom. The van der Waals surface area contributed by atoms with E-state index in [1.54, 1.807) is 0 Å². The van der Waals surface area contributed by atoms with E-state index in [9.17, 15) is 0 Å². The molecule has 1 heteroatoms. The Morgan fingerprint density at radius 3 is 2.40 bits per heavy atom. The Morgan fingerprint density at radius 2 is 2.10 bits per heavy atom. The zero-order valence-corrected chi connectivity index (χ0v) is 8.02. The standard InChI is InChI=1S/C9H15Si/c1-10(2,3)9-7-5-4-6-8-9/h5-7,9H,4H2,1-3H3/q+1. The minimum atomic E-state index is -0.986. The van der Waals surface area contributed by atoms with Crippen molar-refractivity contribution in [3.63, 3.8) is 0 Å². The van der Waals surface area contributed by atoms with E-state index in [1.165, 1.54) is 0 Å². The highest BCUT2D eigenvalue weighted by Gasteiger charge is 2.32. The van der Waals surface area contributed by atoms with Crippen LogP contribution in [0.5, 0.6) is 0 Å². The SMILES string of the molecule is C[Si](C)(C)C1[C+]=CCC=C1. The summed E-state index contributed by atoms with van der Waals surface area (Å²) in [5, 5.41) is 0. The van der Waals surface area contributed by atoms with Crippen molar-refractivity contribution in [2.45, 2.75) is 31.6 Å². The van der Waals surface area contributed by atoms with Gasteiger partial charge in [0.25, 0.3) is 0 Å². The van der Waals surface area contributed by atoms with Gasteiger partial charge in [-0.25, -0.2) is 0 Å². The summed E-state index contributed by atoms with van der Waals surface area (Å²) in [7, 11) is -0.986. The molecule has 0 bridgehead atoms. The van der Waals surface area contributed by atoms with Crippen LogP contribution in [0.1, 0.15) is 6.42 Å². The average Bonchev–Trinajstić information content (AvgIpc) is 1.88. The van der Waals surface area contributed by atoms with Crippen molar-refractivity contribution in [2.24, 2.45) is 0 Å². The minimum Gasteiger partial charge on any atom is -0.0755 e. The fourth-order valence-electron chi connectivity index (χ4n) is 1.07. The maximum absolute atomic E-state index is 3.41. The molecule has 0 amide bonds. The molecule has 1 unspecified atom stereocenters. The highest BCUT2D eigenvalue weighted by atomic mass is 28.3. The van der Waals surface area contributed by atoms with Crippen LogP contribution in [0.15, 0.2) is 18.2 Å². The molecule has 0 saturated carbocycles. The van der Waals surface area contributed by atoms with Gasteiger partial charge >= 0.3 is 0 Å². The number of allylic oxidation sites excluding steroid dienone is 4. The lowest BCUT2D eigenvalue weighted by molar-refractivity contribution is 1.14. The predicted molar refractivity (Wildman–Crippen MR) is 48.7 cm³/mol. The molecule has 1 rings (SSSR count). The highest BCUT2D eigenvalue weighted by Crippen LogP contribution is 2.26. The van der Waals surface area contributed by atoms with Crippen molar-refractivity contribution < 1.29 is 0 Å². The molecule has 0 heterocycles. The summed E-state index contributed by atoms with van der Waals surface area (Å²) in [6, 6.07) is 0. The molecule has 0 saturated heterocycles. The van der Waals surface area contributed by atoms with Gasteiger partial charge in [0.2, 0.25) is 6.08 Å². The smallest absolute Gasteiger partial charge is 0.0755 e. The molecular weight excluding hydrogens is 136 g/mol. The van der Waals surface area contributed by atoms with Gasteiger partial charge < -0.3 is 0 Å². The first-order valence-electron chi connectivity index (χ1n) is 3.85. The maximum Gasteiger partial charge on any atom is 0.221 e. The second kappa shape index (κ2) is 2.69. The molecule has 1 aliphatic rings. The third-order valence-electron chi connectivity index (χ3n) is 1.81. The van der Waals surface area contributed by atoms with Crippen molar-refractivity contribution in [3.8, 4) is 0 Å². The fourth-order valence-corrected chi connectivity index (χ4v) is 2.40. The molecule has 54 valence electrons. The lowest BCUT2D eigenvalue weighted by Crippen LogP contribution is -2.26. The molecule has 1 aliphatic carbocycles. The van der Waals surface area contributed by atoms with Gasteiger partial charge in [-0.1, -0.05) is 25.7 Å². The Bertz CT molecular complexity index is 148. The fraction of sp³-hybridized carbons (Fsp3) is 0.556. The third kappa shape index (κ3) is 1.79. The molecule has 0 N–H and O–H groups in total. The molecular formula is C9H15Si+. The van der Waals surface area contributed by atoms with Gasteiger partial charge in [-0.15, -0.1) is 0 Å². The molecule has 0 aromatic rings. The number of rotatable bonds is 1. The monoisotopic (exact) mass is 151 g/mol. The third-order valence-corrected chi connectivity index (χ3v) is 4.04. The largest absolute Gasteiger partial charge is 0.221 e. The van der Waals surface area contributed by atoms with Gasteiger partial charge in [-0.3, -0.25) is 0 Å². The normalized spacial score (nSPS) is 24.5. The molecule has 0 aliphatic heterocycles. The molecule has 0 nitrogen and oxygen atoms in total. The minimum absolute atomic E-state index is 0.654. The Labute approximate surface area is 64.7 Å². The molecule has 0 fully saturated rings. The van der Waals surface area contributed by atoms with E-state index >= 15 is 0 Å². The van der Waals surface area contributed by atoms with Crippen LogP contribution in [0.4, 0.5) is 0 Å². The van der Waals surface area contributed by atoms with Crippen molar-refractivity contribution in [2.75, 3.05) is 0 Å². The van der Waals surface area contributed by atoms with Crippen LogP contribution in [0, 0.1) is 6.08 Å². The Hall–Kier alpha value is -0.393. The van der Waals surface area contributed by atoms with Crippen molar-refractivity contribution in [1.82, 2.24) is 0 Å². The number of hydrogen-bond acceptors (Lipinski definition) is 0. The van der Waals surface area contributed by atoms with E-state index in [4.69, 9.17) is 0 Å². The first-order chi connectivity index (χ1) is 4.61. The molecule has 0 spiro atoms. The van der Waals surface area contributed by atoms with Crippen LogP contribution < -0.4 is 0 Å². The van der Waals surface area contributed by atoms with Crippen LogP contribution in [0.3, 0.4) is 0 Å². The second-order valence-electron chi connectivity index (χ2n) is 3.88. The topological polar surface area (TPSA) is 0 Å². The van der Waals surface area contributed by atoms with Crippen molar-refractivity contribution in [3.05, 3.63) is 24.3 Å². The predicted octanol–water partition coefficient (Wildman–Crippen LogP) is 3.01. The summed E-state index contributed by atoms with van der Waals surface area (Å²) in [4.78, 5) is 0. The van der Waals surface area contributed by atoms with Crippen LogP contribution >= 0.6 is 0 Å². The van der Waals surface area contributed by atoms with E-state index in [0.29, 0.717) is 5.54 Å². The van der Waals surface area contributed by atoms with Gasteiger partial charge in [-0.2, -0.15) is 0 Å². The summed E-state index contributed by atoms with van der Waals surface area (Å²) in [5.74, 6) is 0. The van der Waals surface area contributed by atoms with Crippen molar-refractivity contribution >= 4 is 8.07 Å². The van der Waals surface area contributed by atoms with Crippen LogP contribution in [-0.2, 0) is 0 Å². The van der Waals surface area contributed by atoms with Crippen LogP contribution in [0.2, 0.25) is 25.2 Å². The highest BCUT2D eigenvalue weighted by molar-refractivity contribution is 6.78. The Kier molecular flexibility index (Phi) is 2.07. The summed E-state index contributed by atoms with van der Waals surface area (Å²) >= 11 is 0. The summed E-state index contributed by atoms with van der Waals surface area (Å²) < 4.78 is 0. The lowest BCUT2D eigenvalue weighted by atomic mass is 10.2. The maximum atomic E-state index is 3.41. The molecule has 10 heavy (non-hydrogen) atoms. The first kappa shape index (κ1) is 7.71. The van der Waals surface area contributed by atoms with Gasteiger partial charge in [0.15, 0.2) is 11.6 Å². The molecule has 0 aromatic carbocycles.